The van der Waals surface area contributed by atoms with Crippen molar-refractivity contribution in [1.82, 2.24) is 0 Å². The van der Waals surface area contributed by atoms with Gasteiger partial charge in [-0.1, -0.05) is 32.0 Å². The van der Waals surface area contributed by atoms with Gasteiger partial charge in [0.05, 0.1) is 5.25 Å². The van der Waals surface area contributed by atoms with Crippen molar-refractivity contribution in [3.8, 4) is 0 Å². The Kier molecular flexibility index (Phi) is 6.04. The predicted molar refractivity (Wildman–Crippen MR) is 94.5 cm³/mol. The van der Waals surface area contributed by atoms with Gasteiger partial charge < -0.3 is 10.5 Å². The molecule has 1 aromatic carbocycles. The van der Waals surface area contributed by atoms with E-state index in [-0.39, 0.29) is 11.2 Å². The molecule has 23 heavy (non-hydrogen) atoms. The number of para-hydroxylation sites is 1. The van der Waals surface area contributed by atoms with Gasteiger partial charge >= 0.3 is 0 Å². The first-order valence-corrected chi connectivity index (χ1v) is 8.65. The minimum absolute atomic E-state index is 0.102. The monoisotopic (exact) mass is 330 g/mol. The number of carbonyl (C=O) groups is 1. The van der Waals surface area contributed by atoms with Gasteiger partial charge in [-0.3, -0.25) is 4.79 Å². The van der Waals surface area contributed by atoms with E-state index in [0.29, 0.717) is 10.9 Å². The first-order chi connectivity index (χ1) is 11.0. The Hall–Kier alpha value is -2.01. The standard InChI is InChI=1S/C18H22N2O2S/c1-4-13(2)15-9-5-6-10-16(15)19-18(21)14(3)23-17-11-7-8-12-20(17)22/h5-14H,4H2,1-3H3,(H,19,21)/t13-,14+/m0/s1. The SMILES string of the molecule is CC[C@H](C)c1ccccc1NC(=O)[C@@H](C)Sc1cccc[n+]1[O-]. The number of rotatable bonds is 6. The van der Waals surface area contributed by atoms with Crippen LogP contribution in [0.1, 0.15) is 38.7 Å². The van der Waals surface area contributed by atoms with E-state index in [1.807, 2.05) is 24.3 Å². The largest absolute Gasteiger partial charge is 0.618 e. The molecule has 1 aromatic heterocycles. The van der Waals surface area contributed by atoms with Crippen LogP contribution < -0.4 is 10.0 Å². The Morgan fingerprint density at radius 3 is 2.61 bits per heavy atom. The lowest BCUT2D eigenvalue weighted by atomic mass is 9.97. The number of hydrogen-bond donors (Lipinski definition) is 1. The van der Waals surface area contributed by atoms with E-state index in [9.17, 15) is 10.0 Å². The summed E-state index contributed by atoms with van der Waals surface area (Å²) in [5.74, 6) is 0.280. The summed E-state index contributed by atoms with van der Waals surface area (Å²) < 4.78 is 0.779. The highest BCUT2D eigenvalue weighted by atomic mass is 32.2. The summed E-state index contributed by atoms with van der Waals surface area (Å²) >= 11 is 1.26. The van der Waals surface area contributed by atoms with Crippen LogP contribution in [-0.4, -0.2) is 11.2 Å². The third kappa shape index (κ3) is 4.48. The fraction of sp³-hybridized carbons (Fsp3) is 0.333. The molecule has 4 nitrogen and oxygen atoms in total. The highest BCUT2D eigenvalue weighted by Gasteiger charge is 2.20. The van der Waals surface area contributed by atoms with Crippen molar-refractivity contribution < 1.29 is 9.52 Å². The van der Waals surface area contributed by atoms with Crippen molar-refractivity contribution in [1.29, 1.82) is 0 Å². The number of nitrogens with one attached hydrogen (secondary N) is 1. The molecule has 0 saturated heterocycles. The molecule has 0 spiro atoms. The predicted octanol–water partition coefficient (Wildman–Crippen LogP) is 3.95. The molecule has 0 unspecified atom stereocenters. The van der Waals surface area contributed by atoms with Gasteiger partial charge in [-0.15, -0.1) is 0 Å². The van der Waals surface area contributed by atoms with Crippen LogP contribution in [0.3, 0.4) is 0 Å². The fourth-order valence-corrected chi connectivity index (χ4v) is 3.08. The number of benzene rings is 1. The van der Waals surface area contributed by atoms with Gasteiger partial charge in [0, 0.05) is 17.8 Å². The van der Waals surface area contributed by atoms with Crippen molar-refractivity contribution in [2.75, 3.05) is 5.32 Å². The number of aromatic nitrogens is 1. The van der Waals surface area contributed by atoms with Gasteiger partial charge in [0.2, 0.25) is 5.91 Å². The number of anilines is 1. The summed E-state index contributed by atoms with van der Waals surface area (Å²) in [6.45, 7) is 6.08. The van der Waals surface area contributed by atoms with Crippen LogP contribution in [0.25, 0.3) is 0 Å². The molecule has 2 rings (SSSR count). The minimum atomic E-state index is -0.359. The van der Waals surface area contributed by atoms with Crippen molar-refractivity contribution >= 4 is 23.4 Å². The molecule has 0 aliphatic heterocycles. The zero-order chi connectivity index (χ0) is 16.8. The van der Waals surface area contributed by atoms with E-state index in [1.54, 1.807) is 25.1 Å². The molecule has 0 aliphatic carbocycles. The molecular formula is C18H22N2O2S. The first-order valence-electron chi connectivity index (χ1n) is 7.77. The first kappa shape index (κ1) is 17.3. The minimum Gasteiger partial charge on any atom is -0.618 e. The van der Waals surface area contributed by atoms with Crippen molar-refractivity contribution in [3.05, 3.63) is 59.4 Å². The number of hydrogen-bond acceptors (Lipinski definition) is 3. The third-order valence-electron chi connectivity index (χ3n) is 3.82. The lowest BCUT2D eigenvalue weighted by Crippen LogP contribution is -2.30. The number of thioether (sulfide) groups is 1. The van der Waals surface area contributed by atoms with Crippen molar-refractivity contribution in [2.24, 2.45) is 0 Å². The molecule has 1 heterocycles. The molecule has 0 fully saturated rings. The Bertz CT molecular complexity index is 676. The average molecular weight is 330 g/mol. The van der Waals surface area contributed by atoms with Crippen LogP contribution >= 0.6 is 11.8 Å². The van der Waals surface area contributed by atoms with E-state index >= 15 is 0 Å². The van der Waals surface area contributed by atoms with E-state index in [0.717, 1.165) is 22.4 Å². The lowest BCUT2D eigenvalue weighted by molar-refractivity contribution is -0.645. The fourth-order valence-electron chi connectivity index (χ4n) is 2.23. The Morgan fingerprint density at radius 2 is 1.91 bits per heavy atom. The smallest absolute Gasteiger partial charge is 0.252 e. The second kappa shape index (κ2) is 8.02. The van der Waals surface area contributed by atoms with Gasteiger partial charge in [0.1, 0.15) is 0 Å². The van der Waals surface area contributed by atoms with Crippen LogP contribution in [-0.2, 0) is 4.79 Å². The van der Waals surface area contributed by atoms with Crippen LogP contribution in [0.4, 0.5) is 5.69 Å². The van der Waals surface area contributed by atoms with Crippen LogP contribution in [0.15, 0.2) is 53.7 Å². The topological polar surface area (TPSA) is 56.0 Å². The quantitative estimate of drug-likeness (QED) is 0.495. The molecule has 0 aliphatic rings. The molecule has 2 atom stereocenters. The van der Waals surface area contributed by atoms with Crippen LogP contribution in [0.2, 0.25) is 0 Å². The molecule has 5 heteroatoms. The second-order valence-electron chi connectivity index (χ2n) is 5.51. The Morgan fingerprint density at radius 1 is 1.22 bits per heavy atom. The lowest BCUT2D eigenvalue weighted by Gasteiger charge is -2.17. The zero-order valence-corrected chi connectivity index (χ0v) is 14.5. The molecular weight excluding hydrogens is 308 g/mol. The number of pyridine rings is 1. The second-order valence-corrected chi connectivity index (χ2v) is 6.87. The summed E-state index contributed by atoms with van der Waals surface area (Å²) in [5, 5.41) is 14.8. The molecule has 0 bridgehead atoms. The van der Waals surface area contributed by atoms with Crippen LogP contribution in [0.5, 0.6) is 0 Å². The third-order valence-corrected chi connectivity index (χ3v) is 4.94. The summed E-state index contributed by atoms with van der Waals surface area (Å²) in [7, 11) is 0. The van der Waals surface area contributed by atoms with Gasteiger partial charge in [0.15, 0.2) is 6.20 Å². The molecule has 0 radical (unpaired) electrons. The van der Waals surface area contributed by atoms with Gasteiger partial charge in [-0.2, -0.15) is 4.73 Å². The summed E-state index contributed by atoms with van der Waals surface area (Å²) in [4.78, 5) is 12.4. The maximum absolute atomic E-state index is 12.4. The molecule has 0 saturated carbocycles. The highest BCUT2D eigenvalue weighted by molar-refractivity contribution is 8.00. The maximum atomic E-state index is 12.4. The maximum Gasteiger partial charge on any atom is 0.252 e. The van der Waals surface area contributed by atoms with E-state index in [1.165, 1.54) is 18.0 Å². The van der Waals surface area contributed by atoms with Crippen molar-refractivity contribution in [3.63, 3.8) is 0 Å². The molecule has 1 amide bonds. The number of amides is 1. The Balaban J connectivity index is 2.09. The van der Waals surface area contributed by atoms with E-state index in [4.69, 9.17) is 0 Å². The van der Waals surface area contributed by atoms with E-state index < -0.39 is 0 Å². The normalized spacial score (nSPS) is 13.3. The zero-order valence-electron chi connectivity index (χ0n) is 13.7. The average Bonchev–Trinajstić information content (AvgIpc) is 2.56. The molecule has 2 aromatic rings. The van der Waals surface area contributed by atoms with E-state index in [2.05, 4.69) is 19.2 Å². The summed E-state index contributed by atoms with van der Waals surface area (Å²) in [5.41, 5.74) is 1.99. The van der Waals surface area contributed by atoms with Gasteiger partial charge in [0.25, 0.3) is 5.03 Å². The van der Waals surface area contributed by atoms with Crippen LogP contribution in [0, 0.1) is 5.21 Å². The summed E-state index contributed by atoms with van der Waals surface area (Å²) in [6.07, 6.45) is 2.45. The summed E-state index contributed by atoms with van der Waals surface area (Å²) in [6, 6.07) is 13.1. The number of carbonyl (C=O) groups excluding carboxylic acids is 1. The highest BCUT2D eigenvalue weighted by Crippen LogP contribution is 2.28. The Labute approximate surface area is 141 Å². The number of nitrogens with zero attached hydrogens (tertiary/aromatic N) is 1. The van der Waals surface area contributed by atoms with Gasteiger partial charge in [-0.25, -0.2) is 0 Å². The molecule has 1 N–H and O–H groups in total. The van der Waals surface area contributed by atoms with Crippen molar-refractivity contribution in [2.45, 2.75) is 43.4 Å². The van der Waals surface area contributed by atoms with Gasteiger partial charge in [-0.05, 0) is 48.7 Å². The molecule has 122 valence electrons.